The maximum atomic E-state index is 12.4. The summed E-state index contributed by atoms with van der Waals surface area (Å²) in [6.07, 6.45) is -2.25. The van der Waals surface area contributed by atoms with Crippen molar-refractivity contribution in [2.45, 2.75) is 26.1 Å². The standard InChI is InChI=1S/C10H12F3IO/c1-4-8(6-5-7(2)3)9(15-14)10(11,12)13/h4-6,9H,1H2,2-3H3/b8-6+. The van der Waals surface area contributed by atoms with Gasteiger partial charge in [-0.15, -0.1) is 0 Å². The summed E-state index contributed by atoms with van der Waals surface area (Å²) in [4.78, 5) is 0. The first-order chi connectivity index (χ1) is 6.82. The van der Waals surface area contributed by atoms with Gasteiger partial charge in [-0.25, -0.2) is 0 Å². The highest BCUT2D eigenvalue weighted by Gasteiger charge is 2.42. The van der Waals surface area contributed by atoms with Crippen LogP contribution in [0.4, 0.5) is 13.2 Å². The van der Waals surface area contributed by atoms with E-state index in [4.69, 9.17) is 0 Å². The van der Waals surface area contributed by atoms with Gasteiger partial charge in [0.15, 0.2) is 6.10 Å². The minimum Gasteiger partial charge on any atom is -0.298 e. The van der Waals surface area contributed by atoms with Crippen molar-refractivity contribution in [2.75, 3.05) is 0 Å². The van der Waals surface area contributed by atoms with Gasteiger partial charge in [-0.05, 0) is 19.4 Å². The lowest BCUT2D eigenvalue weighted by molar-refractivity contribution is -0.174. The number of halogens is 4. The first-order valence-corrected chi connectivity index (χ1v) is 5.02. The summed E-state index contributed by atoms with van der Waals surface area (Å²) in [5.41, 5.74) is 0.904. The van der Waals surface area contributed by atoms with Gasteiger partial charge in [-0.3, -0.25) is 3.07 Å². The van der Waals surface area contributed by atoms with E-state index in [1.54, 1.807) is 19.9 Å². The Labute approximate surface area is 101 Å². The van der Waals surface area contributed by atoms with Crippen LogP contribution in [0.25, 0.3) is 0 Å². The topological polar surface area (TPSA) is 9.23 Å². The molecule has 1 unspecified atom stereocenters. The second-order valence-corrected chi connectivity index (χ2v) is 3.63. The largest absolute Gasteiger partial charge is 0.419 e. The number of hydrogen-bond donors (Lipinski definition) is 0. The number of rotatable bonds is 4. The molecule has 0 aliphatic heterocycles. The molecular formula is C10H12F3IO. The van der Waals surface area contributed by atoms with Gasteiger partial charge < -0.3 is 0 Å². The van der Waals surface area contributed by atoms with Crippen molar-refractivity contribution < 1.29 is 16.2 Å². The zero-order valence-corrected chi connectivity index (χ0v) is 10.6. The van der Waals surface area contributed by atoms with Crippen molar-refractivity contribution in [3.63, 3.8) is 0 Å². The third kappa shape index (κ3) is 5.36. The molecule has 0 heterocycles. The van der Waals surface area contributed by atoms with Gasteiger partial charge in [0, 0.05) is 0 Å². The van der Waals surface area contributed by atoms with E-state index < -0.39 is 12.3 Å². The zero-order chi connectivity index (χ0) is 12.1. The summed E-state index contributed by atoms with van der Waals surface area (Å²) in [5.74, 6) is 0. The molecule has 0 saturated heterocycles. The van der Waals surface area contributed by atoms with E-state index in [0.29, 0.717) is 0 Å². The van der Waals surface area contributed by atoms with Gasteiger partial charge >= 0.3 is 6.18 Å². The fourth-order valence-electron chi connectivity index (χ4n) is 0.816. The predicted molar refractivity (Wildman–Crippen MR) is 62.7 cm³/mol. The molecule has 0 aromatic carbocycles. The van der Waals surface area contributed by atoms with Crippen LogP contribution in [0.2, 0.25) is 0 Å². The number of hydrogen-bond acceptors (Lipinski definition) is 1. The predicted octanol–water partition coefficient (Wildman–Crippen LogP) is 4.36. The van der Waals surface area contributed by atoms with Crippen molar-refractivity contribution >= 4 is 23.0 Å². The molecule has 0 aliphatic carbocycles. The molecule has 0 radical (unpaired) electrons. The van der Waals surface area contributed by atoms with Crippen molar-refractivity contribution in [2.24, 2.45) is 0 Å². The van der Waals surface area contributed by atoms with Crippen LogP contribution < -0.4 is 0 Å². The van der Waals surface area contributed by atoms with Crippen LogP contribution in [0.1, 0.15) is 13.8 Å². The Hall–Kier alpha value is -0.300. The van der Waals surface area contributed by atoms with E-state index in [-0.39, 0.29) is 5.57 Å². The van der Waals surface area contributed by atoms with Gasteiger partial charge in [0.2, 0.25) is 0 Å². The highest BCUT2D eigenvalue weighted by atomic mass is 127. The van der Waals surface area contributed by atoms with Crippen LogP contribution in [0.3, 0.4) is 0 Å². The van der Waals surface area contributed by atoms with Crippen molar-refractivity contribution in [1.82, 2.24) is 0 Å². The lowest BCUT2D eigenvalue weighted by atomic mass is 10.1. The van der Waals surface area contributed by atoms with Gasteiger partial charge in [0.05, 0.1) is 0 Å². The van der Waals surface area contributed by atoms with E-state index in [0.717, 1.165) is 11.6 Å². The second-order valence-electron chi connectivity index (χ2n) is 3.13. The molecule has 0 aliphatic rings. The molecule has 0 bridgehead atoms. The van der Waals surface area contributed by atoms with Gasteiger partial charge in [-0.1, -0.05) is 30.4 Å². The molecule has 0 aromatic rings. The van der Waals surface area contributed by atoms with Gasteiger partial charge in [0.1, 0.15) is 23.0 Å². The quantitative estimate of drug-likeness (QED) is 0.549. The van der Waals surface area contributed by atoms with Crippen LogP contribution in [0.15, 0.2) is 36.0 Å². The Morgan fingerprint density at radius 1 is 1.33 bits per heavy atom. The van der Waals surface area contributed by atoms with Crippen molar-refractivity contribution in [3.05, 3.63) is 36.0 Å². The molecular weight excluding hydrogens is 320 g/mol. The van der Waals surface area contributed by atoms with Crippen molar-refractivity contribution in [3.8, 4) is 0 Å². The Morgan fingerprint density at radius 3 is 2.13 bits per heavy atom. The third-order valence-electron chi connectivity index (χ3n) is 1.53. The van der Waals surface area contributed by atoms with E-state index in [2.05, 4.69) is 9.65 Å². The van der Waals surface area contributed by atoms with Gasteiger partial charge in [-0.2, -0.15) is 13.2 Å². The molecule has 0 fully saturated rings. The lowest BCUT2D eigenvalue weighted by Crippen LogP contribution is -2.30. The van der Waals surface area contributed by atoms with Crippen LogP contribution in [-0.4, -0.2) is 12.3 Å². The monoisotopic (exact) mass is 332 g/mol. The van der Waals surface area contributed by atoms with Crippen LogP contribution in [0.5, 0.6) is 0 Å². The molecule has 0 aromatic heterocycles. The zero-order valence-electron chi connectivity index (χ0n) is 8.44. The molecule has 1 atom stereocenters. The molecule has 0 amide bonds. The molecule has 86 valence electrons. The summed E-state index contributed by atoms with van der Waals surface area (Å²) in [6.45, 7) is 6.93. The molecule has 0 N–H and O–H groups in total. The number of allylic oxidation sites excluding steroid dienone is 3. The average molecular weight is 332 g/mol. The minimum atomic E-state index is -4.42. The van der Waals surface area contributed by atoms with Gasteiger partial charge in [0.25, 0.3) is 0 Å². The van der Waals surface area contributed by atoms with E-state index >= 15 is 0 Å². The summed E-state index contributed by atoms with van der Waals surface area (Å²) >= 11 is 1.24. The minimum absolute atomic E-state index is 0.00176. The van der Waals surface area contributed by atoms with E-state index in [9.17, 15) is 13.2 Å². The highest BCUT2D eigenvalue weighted by Crippen LogP contribution is 2.30. The summed E-state index contributed by atoms with van der Waals surface area (Å²) in [5, 5.41) is 0. The molecule has 1 nitrogen and oxygen atoms in total. The fourth-order valence-corrected chi connectivity index (χ4v) is 1.40. The maximum Gasteiger partial charge on any atom is 0.419 e. The summed E-state index contributed by atoms with van der Waals surface area (Å²) < 4.78 is 41.7. The molecule has 5 heteroatoms. The Morgan fingerprint density at radius 2 is 1.87 bits per heavy atom. The first kappa shape index (κ1) is 14.7. The Balaban J connectivity index is 5.02. The highest BCUT2D eigenvalue weighted by molar-refractivity contribution is 14.1. The lowest BCUT2D eigenvalue weighted by Gasteiger charge is -2.18. The van der Waals surface area contributed by atoms with Crippen LogP contribution in [0, 0.1) is 0 Å². The Bertz CT molecular complexity index is 275. The first-order valence-electron chi connectivity index (χ1n) is 4.14. The molecule has 15 heavy (non-hydrogen) atoms. The van der Waals surface area contributed by atoms with E-state index in [1.165, 1.54) is 29.1 Å². The normalized spacial score (nSPS) is 14.7. The second kappa shape index (κ2) is 6.32. The fraction of sp³-hybridized carbons (Fsp3) is 0.400. The molecule has 0 rings (SSSR count). The summed E-state index contributed by atoms with van der Waals surface area (Å²) in [6, 6.07) is 0. The average Bonchev–Trinajstić information content (AvgIpc) is 2.09. The third-order valence-corrected chi connectivity index (χ3v) is 2.04. The van der Waals surface area contributed by atoms with Crippen molar-refractivity contribution in [1.29, 1.82) is 0 Å². The summed E-state index contributed by atoms with van der Waals surface area (Å²) in [7, 11) is 0. The SMILES string of the molecule is C=C/C(=C\C=C(C)C)C(OI)C(F)(F)F. The smallest absolute Gasteiger partial charge is 0.298 e. The molecule has 0 saturated carbocycles. The van der Waals surface area contributed by atoms with E-state index in [1.807, 2.05) is 0 Å². The molecule has 0 spiro atoms. The maximum absolute atomic E-state index is 12.4. The Kier molecular flexibility index (Phi) is 6.19. The van der Waals surface area contributed by atoms with Crippen LogP contribution >= 0.6 is 23.0 Å². The number of alkyl halides is 3. The van der Waals surface area contributed by atoms with Crippen LogP contribution in [-0.2, 0) is 3.07 Å².